The van der Waals surface area contributed by atoms with E-state index in [4.69, 9.17) is 4.99 Å². The molecule has 22 heavy (non-hydrogen) atoms. The van der Waals surface area contributed by atoms with Crippen molar-refractivity contribution in [2.45, 2.75) is 51.6 Å². The molecular formula is C16H26N4O2. The molecule has 0 aromatic rings. The summed E-state index contributed by atoms with van der Waals surface area (Å²) in [5, 5.41) is 2.95. The molecule has 3 amide bonds. The van der Waals surface area contributed by atoms with Gasteiger partial charge in [0.15, 0.2) is 0 Å². The molecule has 2 aliphatic heterocycles. The van der Waals surface area contributed by atoms with Crippen LogP contribution < -0.4 is 5.32 Å². The number of likely N-dealkylation sites (tertiary alicyclic amines) is 1. The Labute approximate surface area is 131 Å². The van der Waals surface area contributed by atoms with E-state index in [1.54, 1.807) is 4.90 Å². The molecule has 1 N–H and O–H groups in total. The predicted octanol–water partition coefficient (Wildman–Crippen LogP) is 1.47. The third-order valence-corrected chi connectivity index (χ3v) is 5.36. The quantitative estimate of drug-likeness (QED) is 0.839. The second-order valence-electron chi connectivity index (χ2n) is 7.08. The summed E-state index contributed by atoms with van der Waals surface area (Å²) in [4.78, 5) is 33.4. The number of hydrogen-bond donors (Lipinski definition) is 1. The van der Waals surface area contributed by atoms with Gasteiger partial charge in [-0.1, -0.05) is 6.92 Å². The van der Waals surface area contributed by atoms with Crippen molar-refractivity contribution >= 4 is 17.8 Å². The monoisotopic (exact) mass is 306 g/mol. The Morgan fingerprint density at radius 3 is 2.77 bits per heavy atom. The maximum atomic E-state index is 12.8. The second kappa shape index (κ2) is 5.25. The fourth-order valence-electron chi connectivity index (χ4n) is 4.28. The first-order valence-electron chi connectivity index (χ1n) is 8.31. The second-order valence-corrected chi connectivity index (χ2v) is 7.08. The number of hydrogen-bond acceptors (Lipinski definition) is 3. The van der Waals surface area contributed by atoms with Crippen molar-refractivity contribution in [3.05, 3.63) is 0 Å². The van der Waals surface area contributed by atoms with E-state index in [2.05, 4.69) is 5.32 Å². The third kappa shape index (κ3) is 2.11. The maximum Gasteiger partial charge on any atom is 0.317 e. The Kier molecular flexibility index (Phi) is 3.65. The number of nitrogens with one attached hydrogen (secondary N) is 1. The average Bonchev–Trinajstić information content (AvgIpc) is 3.08. The summed E-state index contributed by atoms with van der Waals surface area (Å²) in [6.07, 6.45) is 2.59. The normalized spacial score (nSPS) is 33.9. The molecule has 6 nitrogen and oxygen atoms in total. The van der Waals surface area contributed by atoms with Crippen molar-refractivity contribution in [2.75, 3.05) is 20.1 Å². The van der Waals surface area contributed by atoms with E-state index in [0.29, 0.717) is 12.5 Å². The molecule has 0 bridgehead atoms. The van der Waals surface area contributed by atoms with Crippen LogP contribution in [0, 0.1) is 11.8 Å². The zero-order chi connectivity index (χ0) is 16.1. The van der Waals surface area contributed by atoms with Gasteiger partial charge in [0.25, 0.3) is 5.91 Å². The van der Waals surface area contributed by atoms with E-state index in [0.717, 1.165) is 31.6 Å². The summed E-state index contributed by atoms with van der Waals surface area (Å²) in [5.41, 5.74) is -0.600. The lowest BCUT2D eigenvalue weighted by Gasteiger charge is -2.27. The van der Waals surface area contributed by atoms with E-state index in [1.807, 2.05) is 32.7 Å². The maximum absolute atomic E-state index is 12.8. The Balaban J connectivity index is 1.80. The lowest BCUT2D eigenvalue weighted by molar-refractivity contribution is -0.131. The highest BCUT2D eigenvalue weighted by Gasteiger charge is 2.60. The number of rotatable bonds is 2. The highest BCUT2D eigenvalue weighted by atomic mass is 16.2. The van der Waals surface area contributed by atoms with Crippen LogP contribution in [0.25, 0.3) is 0 Å². The summed E-state index contributed by atoms with van der Waals surface area (Å²) in [6.45, 7) is 7.35. The minimum absolute atomic E-state index is 0.0157. The standard InChI is InChI=1S/C16H26N4O2/c1-5-13-18-16(14(21)19(13)4)7-6-11-8-20(9-12(11)16)15(22)17-10(2)3/h10-12H,5-9H2,1-4H3,(H,17,22)/t11-,12+,16-/m0/s1. The molecule has 6 heteroatoms. The average molecular weight is 306 g/mol. The summed E-state index contributed by atoms with van der Waals surface area (Å²) >= 11 is 0. The Hall–Kier alpha value is -1.59. The van der Waals surface area contributed by atoms with Gasteiger partial charge in [-0.25, -0.2) is 4.79 Å². The summed E-state index contributed by atoms with van der Waals surface area (Å²) in [5.74, 6) is 1.58. The van der Waals surface area contributed by atoms with Gasteiger partial charge in [-0.05, 0) is 32.6 Å². The first-order valence-corrected chi connectivity index (χ1v) is 8.31. The number of fused-ring (bicyclic) bond motifs is 2. The van der Waals surface area contributed by atoms with Crippen LogP contribution in [0.5, 0.6) is 0 Å². The van der Waals surface area contributed by atoms with E-state index in [1.165, 1.54) is 0 Å². The minimum Gasteiger partial charge on any atom is -0.336 e. The van der Waals surface area contributed by atoms with Crippen LogP contribution in [0.2, 0.25) is 0 Å². The number of likely N-dealkylation sites (N-methyl/N-ethyl adjacent to an activating group) is 1. The Bertz CT molecular complexity index is 530. The van der Waals surface area contributed by atoms with E-state index < -0.39 is 5.54 Å². The van der Waals surface area contributed by atoms with Gasteiger partial charge in [0, 0.05) is 38.5 Å². The topological polar surface area (TPSA) is 65.0 Å². The van der Waals surface area contributed by atoms with Gasteiger partial charge in [-0.2, -0.15) is 0 Å². The molecule has 3 rings (SSSR count). The lowest BCUT2D eigenvalue weighted by Crippen LogP contribution is -2.47. The highest BCUT2D eigenvalue weighted by molar-refractivity contribution is 6.08. The lowest BCUT2D eigenvalue weighted by atomic mass is 9.85. The number of amides is 3. The first kappa shape index (κ1) is 15.3. The molecule has 0 aromatic heterocycles. The molecule has 3 atom stereocenters. The molecule has 1 saturated carbocycles. The van der Waals surface area contributed by atoms with Gasteiger partial charge < -0.3 is 15.1 Å². The molecular weight excluding hydrogens is 280 g/mol. The number of nitrogens with zero attached hydrogens (tertiary/aromatic N) is 3. The van der Waals surface area contributed by atoms with Crippen LogP contribution in [0.4, 0.5) is 4.79 Å². The van der Waals surface area contributed by atoms with Gasteiger partial charge >= 0.3 is 6.03 Å². The molecule has 122 valence electrons. The van der Waals surface area contributed by atoms with Gasteiger partial charge in [0.2, 0.25) is 0 Å². The number of amidine groups is 1. The fraction of sp³-hybridized carbons (Fsp3) is 0.812. The van der Waals surface area contributed by atoms with Crippen LogP contribution >= 0.6 is 0 Å². The predicted molar refractivity (Wildman–Crippen MR) is 84.7 cm³/mol. The minimum atomic E-state index is -0.600. The van der Waals surface area contributed by atoms with E-state index in [-0.39, 0.29) is 23.9 Å². The van der Waals surface area contributed by atoms with Gasteiger partial charge in [-0.3, -0.25) is 9.79 Å². The highest BCUT2D eigenvalue weighted by Crippen LogP contribution is 2.50. The van der Waals surface area contributed by atoms with Crippen LogP contribution in [-0.4, -0.2) is 59.3 Å². The molecule has 2 fully saturated rings. The smallest absolute Gasteiger partial charge is 0.317 e. The van der Waals surface area contributed by atoms with Crippen LogP contribution in [-0.2, 0) is 4.79 Å². The Morgan fingerprint density at radius 1 is 1.45 bits per heavy atom. The summed E-state index contributed by atoms with van der Waals surface area (Å²) < 4.78 is 0. The van der Waals surface area contributed by atoms with Gasteiger partial charge in [0.05, 0.1) is 0 Å². The largest absolute Gasteiger partial charge is 0.336 e. The summed E-state index contributed by atoms with van der Waals surface area (Å²) in [6, 6.07) is 0.115. The first-order chi connectivity index (χ1) is 10.4. The molecule has 0 aromatic carbocycles. The Morgan fingerprint density at radius 2 is 2.18 bits per heavy atom. The fourth-order valence-corrected chi connectivity index (χ4v) is 4.28. The van der Waals surface area contributed by atoms with Gasteiger partial charge in [0.1, 0.15) is 11.4 Å². The molecule has 0 radical (unpaired) electrons. The van der Waals surface area contributed by atoms with Crippen molar-refractivity contribution in [3.63, 3.8) is 0 Å². The van der Waals surface area contributed by atoms with Crippen LogP contribution in [0.15, 0.2) is 4.99 Å². The van der Waals surface area contributed by atoms with Crippen molar-refractivity contribution in [1.82, 2.24) is 15.1 Å². The number of carbonyl (C=O) groups excluding carboxylic acids is 2. The summed E-state index contributed by atoms with van der Waals surface area (Å²) in [7, 11) is 1.82. The molecule has 0 unspecified atom stereocenters. The van der Waals surface area contributed by atoms with Gasteiger partial charge in [-0.15, -0.1) is 0 Å². The molecule has 1 aliphatic carbocycles. The van der Waals surface area contributed by atoms with Crippen LogP contribution in [0.1, 0.15) is 40.0 Å². The van der Waals surface area contributed by atoms with Crippen LogP contribution in [0.3, 0.4) is 0 Å². The number of carbonyl (C=O) groups is 2. The van der Waals surface area contributed by atoms with E-state index >= 15 is 0 Å². The number of aliphatic imine (C=N–C) groups is 1. The number of urea groups is 1. The zero-order valence-corrected chi connectivity index (χ0v) is 13.9. The molecule has 1 spiro atoms. The molecule has 2 heterocycles. The molecule has 1 saturated heterocycles. The van der Waals surface area contributed by atoms with Crippen molar-refractivity contribution in [1.29, 1.82) is 0 Å². The van der Waals surface area contributed by atoms with E-state index in [9.17, 15) is 9.59 Å². The zero-order valence-electron chi connectivity index (χ0n) is 13.9. The van der Waals surface area contributed by atoms with Crippen molar-refractivity contribution < 1.29 is 9.59 Å². The molecule has 3 aliphatic rings. The van der Waals surface area contributed by atoms with Crippen molar-refractivity contribution in [3.8, 4) is 0 Å². The van der Waals surface area contributed by atoms with Crippen molar-refractivity contribution in [2.24, 2.45) is 16.8 Å². The third-order valence-electron chi connectivity index (χ3n) is 5.36. The SMILES string of the molecule is CCC1=N[C@]2(CC[C@H]3CN(C(=O)NC(C)C)C[C@H]32)C(=O)N1C.